The average molecular weight is 573 g/mol. The van der Waals surface area contributed by atoms with E-state index in [1.807, 2.05) is 30.0 Å². The molecular weight excluding hydrogens is 536 g/mol. The monoisotopic (exact) mass is 573 g/mol. The summed E-state index contributed by atoms with van der Waals surface area (Å²) in [6, 6.07) is 7.27. The van der Waals surface area contributed by atoms with Crippen molar-refractivity contribution >= 4 is 35.6 Å². The van der Waals surface area contributed by atoms with Gasteiger partial charge in [0, 0.05) is 31.6 Å². The van der Waals surface area contributed by atoms with Crippen molar-refractivity contribution in [2.24, 2.45) is 4.99 Å². The minimum atomic E-state index is -0.275. The summed E-state index contributed by atoms with van der Waals surface area (Å²) < 4.78 is 20.2. The quantitative estimate of drug-likeness (QED) is 0.232. The molecule has 1 aromatic carbocycles. The SMILES string of the molecule is CCNC(=NCc1ccc(N2CCC(O)CC2)c(F)c1)NCc1cc(C(CC)CC)no1.I. The molecule has 1 aliphatic heterocycles. The number of aliphatic imine (C=N–C) groups is 1. The van der Waals surface area contributed by atoms with Gasteiger partial charge in [-0.15, -0.1) is 24.0 Å². The lowest BCUT2D eigenvalue weighted by molar-refractivity contribution is 0.145. The smallest absolute Gasteiger partial charge is 0.191 e. The number of hydrogen-bond acceptors (Lipinski definition) is 5. The van der Waals surface area contributed by atoms with Crippen LogP contribution >= 0.6 is 24.0 Å². The van der Waals surface area contributed by atoms with Gasteiger partial charge in [-0.2, -0.15) is 0 Å². The highest BCUT2D eigenvalue weighted by molar-refractivity contribution is 14.0. The number of aromatic nitrogens is 1. The fourth-order valence-corrected chi connectivity index (χ4v) is 4.01. The molecule has 9 heteroatoms. The fourth-order valence-electron chi connectivity index (χ4n) is 4.01. The van der Waals surface area contributed by atoms with Crippen LogP contribution < -0.4 is 15.5 Å². The summed E-state index contributed by atoms with van der Waals surface area (Å²) in [7, 11) is 0. The highest BCUT2D eigenvalue weighted by Crippen LogP contribution is 2.25. The first kappa shape index (κ1) is 27.4. The molecule has 3 N–H and O–H groups in total. The predicted molar refractivity (Wildman–Crippen MR) is 141 cm³/mol. The van der Waals surface area contributed by atoms with Crippen LogP contribution in [0.15, 0.2) is 33.8 Å². The van der Waals surface area contributed by atoms with E-state index in [2.05, 4.69) is 34.6 Å². The maximum absolute atomic E-state index is 14.7. The van der Waals surface area contributed by atoms with Crippen molar-refractivity contribution in [1.29, 1.82) is 0 Å². The van der Waals surface area contributed by atoms with Gasteiger partial charge in [0.15, 0.2) is 11.7 Å². The molecule has 33 heavy (non-hydrogen) atoms. The molecule has 1 saturated heterocycles. The van der Waals surface area contributed by atoms with Crippen LogP contribution in [-0.2, 0) is 13.1 Å². The van der Waals surface area contributed by atoms with Crippen molar-refractivity contribution in [1.82, 2.24) is 15.8 Å². The maximum atomic E-state index is 14.7. The number of halogens is 2. The summed E-state index contributed by atoms with van der Waals surface area (Å²) in [6.07, 6.45) is 3.15. The lowest BCUT2D eigenvalue weighted by Gasteiger charge is -2.31. The van der Waals surface area contributed by atoms with Gasteiger partial charge in [0.25, 0.3) is 0 Å². The standard InChI is InChI=1S/C24H36FN5O2.HI/c1-4-18(5-2)22-14-20(32-29-22)16-28-24(26-6-3)27-15-17-7-8-23(21(25)13-17)30-11-9-19(31)10-12-30;/h7-8,13-14,18-19,31H,4-6,9-12,15-16H2,1-3H3,(H2,26,27,28);1H. The van der Waals surface area contributed by atoms with Crippen LogP contribution in [0.1, 0.15) is 69.4 Å². The van der Waals surface area contributed by atoms with E-state index >= 15 is 0 Å². The third-order valence-corrected chi connectivity index (χ3v) is 5.99. The summed E-state index contributed by atoms with van der Waals surface area (Å²) in [5.41, 5.74) is 2.39. The third kappa shape index (κ3) is 7.84. The minimum Gasteiger partial charge on any atom is -0.393 e. The zero-order valence-corrected chi connectivity index (χ0v) is 22.1. The first-order valence-corrected chi connectivity index (χ1v) is 11.7. The lowest BCUT2D eigenvalue weighted by atomic mass is 9.99. The Morgan fingerprint density at radius 1 is 1.21 bits per heavy atom. The second-order valence-electron chi connectivity index (χ2n) is 8.28. The Morgan fingerprint density at radius 2 is 1.94 bits per heavy atom. The number of nitrogens with zero attached hydrogens (tertiary/aromatic N) is 3. The largest absolute Gasteiger partial charge is 0.393 e. The number of rotatable bonds is 9. The van der Waals surface area contributed by atoms with Crippen LogP contribution in [0.4, 0.5) is 10.1 Å². The van der Waals surface area contributed by atoms with Crippen molar-refractivity contribution in [3.05, 3.63) is 47.1 Å². The van der Waals surface area contributed by atoms with Crippen LogP contribution in [-0.4, -0.2) is 42.0 Å². The fraction of sp³-hybridized carbons (Fsp3) is 0.583. The Balaban J connectivity index is 0.00000385. The van der Waals surface area contributed by atoms with Crippen LogP contribution in [0.2, 0.25) is 0 Å². The molecule has 1 aromatic heterocycles. The number of benzene rings is 1. The lowest BCUT2D eigenvalue weighted by Crippen LogP contribution is -2.36. The van der Waals surface area contributed by atoms with E-state index in [0.29, 0.717) is 56.6 Å². The molecule has 3 rings (SSSR count). The van der Waals surface area contributed by atoms with Gasteiger partial charge in [-0.25, -0.2) is 9.38 Å². The summed E-state index contributed by atoms with van der Waals surface area (Å²) in [6.45, 7) is 9.21. The summed E-state index contributed by atoms with van der Waals surface area (Å²) in [4.78, 5) is 6.58. The van der Waals surface area contributed by atoms with Crippen LogP contribution in [0.25, 0.3) is 0 Å². The zero-order valence-electron chi connectivity index (χ0n) is 19.8. The van der Waals surface area contributed by atoms with Crippen molar-refractivity contribution in [3.63, 3.8) is 0 Å². The Kier molecular flexibility index (Phi) is 11.4. The molecule has 0 bridgehead atoms. The number of hydrogen-bond donors (Lipinski definition) is 3. The van der Waals surface area contributed by atoms with Crippen molar-refractivity contribution in [2.75, 3.05) is 24.5 Å². The molecule has 2 heterocycles. The maximum Gasteiger partial charge on any atom is 0.191 e. The number of nitrogens with one attached hydrogen (secondary N) is 2. The molecule has 0 unspecified atom stereocenters. The van der Waals surface area contributed by atoms with Gasteiger partial charge in [-0.05, 0) is 50.3 Å². The normalized spacial score (nSPS) is 15.0. The number of aliphatic hydroxyl groups is 1. The minimum absolute atomic E-state index is 0. The molecule has 2 aromatic rings. The Morgan fingerprint density at radius 3 is 2.58 bits per heavy atom. The van der Waals surface area contributed by atoms with Crippen molar-refractivity contribution < 1.29 is 14.0 Å². The third-order valence-electron chi connectivity index (χ3n) is 5.99. The zero-order chi connectivity index (χ0) is 22.9. The predicted octanol–water partition coefficient (Wildman–Crippen LogP) is 4.55. The second kappa shape index (κ2) is 13.7. The van der Waals surface area contributed by atoms with E-state index in [1.54, 1.807) is 6.07 Å². The highest BCUT2D eigenvalue weighted by atomic mass is 127. The Bertz CT molecular complexity index is 879. The molecular formula is C24H37FIN5O2. The van der Waals surface area contributed by atoms with E-state index in [1.165, 1.54) is 0 Å². The van der Waals surface area contributed by atoms with Crippen LogP contribution in [0, 0.1) is 5.82 Å². The van der Waals surface area contributed by atoms with E-state index in [4.69, 9.17) is 4.52 Å². The Hall–Kier alpha value is -1.88. The van der Waals surface area contributed by atoms with Gasteiger partial charge >= 0.3 is 0 Å². The number of aliphatic hydroxyl groups excluding tert-OH is 1. The number of guanidine groups is 1. The summed E-state index contributed by atoms with van der Waals surface area (Å²) >= 11 is 0. The van der Waals surface area contributed by atoms with E-state index in [0.717, 1.165) is 36.4 Å². The molecule has 0 saturated carbocycles. The van der Waals surface area contributed by atoms with Gasteiger partial charge in [-0.3, -0.25) is 0 Å². The molecule has 1 fully saturated rings. The van der Waals surface area contributed by atoms with Gasteiger partial charge in [0.05, 0.1) is 30.6 Å². The van der Waals surface area contributed by atoms with Gasteiger partial charge < -0.3 is 25.2 Å². The van der Waals surface area contributed by atoms with E-state index < -0.39 is 0 Å². The number of anilines is 1. The molecule has 0 amide bonds. The summed E-state index contributed by atoms with van der Waals surface area (Å²) in [5, 5.41) is 20.3. The van der Waals surface area contributed by atoms with Crippen molar-refractivity contribution in [2.45, 2.75) is 71.6 Å². The highest BCUT2D eigenvalue weighted by Gasteiger charge is 2.19. The molecule has 0 atom stereocenters. The molecule has 1 aliphatic rings. The average Bonchev–Trinajstić information content (AvgIpc) is 3.26. The van der Waals surface area contributed by atoms with E-state index in [-0.39, 0.29) is 35.9 Å². The first-order chi connectivity index (χ1) is 15.5. The van der Waals surface area contributed by atoms with Gasteiger partial charge in [0.1, 0.15) is 5.82 Å². The Labute approximate surface area is 213 Å². The van der Waals surface area contributed by atoms with Gasteiger partial charge in [0.2, 0.25) is 0 Å². The molecule has 7 nitrogen and oxygen atoms in total. The van der Waals surface area contributed by atoms with Crippen LogP contribution in [0.3, 0.4) is 0 Å². The molecule has 0 spiro atoms. The van der Waals surface area contributed by atoms with E-state index in [9.17, 15) is 9.50 Å². The molecule has 0 aliphatic carbocycles. The molecule has 184 valence electrons. The number of piperidine rings is 1. The second-order valence-corrected chi connectivity index (χ2v) is 8.28. The first-order valence-electron chi connectivity index (χ1n) is 11.7. The molecule has 0 radical (unpaired) electrons. The van der Waals surface area contributed by atoms with Gasteiger partial charge in [-0.1, -0.05) is 25.1 Å². The van der Waals surface area contributed by atoms with Crippen LogP contribution in [0.5, 0.6) is 0 Å². The summed E-state index contributed by atoms with van der Waals surface area (Å²) in [5.74, 6) is 1.58. The topological polar surface area (TPSA) is 85.9 Å². The van der Waals surface area contributed by atoms with Crippen molar-refractivity contribution in [3.8, 4) is 0 Å².